The van der Waals surface area contributed by atoms with Gasteiger partial charge in [-0.3, -0.25) is 5.10 Å². The Morgan fingerprint density at radius 2 is 1.50 bits per heavy atom. The standard InChI is InChI=1S/C21H18ClN3O3/c1-26-17-9-13(10-18(27-2)20(17)28-3)19-16-8-14(11-23-21(16)25-24-19)12-4-6-15(22)7-5-12/h4-11H,1-3H3,(H,23,24,25). The first-order valence-electron chi connectivity index (χ1n) is 8.55. The predicted molar refractivity (Wildman–Crippen MR) is 109 cm³/mol. The third-order valence-electron chi connectivity index (χ3n) is 4.54. The minimum absolute atomic E-state index is 0.539. The lowest BCUT2D eigenvalue weighted by Gasteiger charge is -2.13. The minimum atomic E-state index is 0.539. The molecule has 4 rings (SSSR count). The number of hydrogen-bond acceptors (Lipinski definition) is 5. The fourth-order valence-electron chi connectivity index (χ4n) is 3.15. The zero-order chi connectivity index (χ0) is 19.7. The van der Waals surface area contributed by atoms with Crippen LogP contribution >= 0.6 is 11.6 Å². The molecule has 142 valence electrons. The molecule has 28 heavy (non-hydrogen) atoms. The Morgan fingerprint density at radius 1 is 0.821 bits per heavy atom. The van der Waals surface area contributed by atoms with Crippen molar-refractivity contribution in [2.45, 2.75) is 0 Å². The van der Waals surface area contributed by atoms with Crippen LogP contribution in [-0.2, 0) is 0 Å². The van der Waals surface area contributed by atoms with E-state index < -0.39 is 0 Å². The average Bonchev–Trinajstić information content (AvgIpc) is 3.16. The molecular weight excluding hydrogens is 378 g/mol. The number of ether oxygens (including phenoxy) is 3. The van der Waals surface area contributed by atoms with Gasteiger partial charge in [0.2, 0.25) is 5.75 Å². The average molecular weight is 396 g/mol. The van der Waals surface area contributed by atoms with Crippen molar-refractivity contribution in [3.63, 3.8) is 0 Å². The fourth-order valence-corrected chi connectivity index (χ4v) is 3.27. The number of pyridine rings is 1. The summed E-state index contributed by atoms with van der Waals surface area (Å²) in [5, 5.41) is 8.98. The normalized spacial score (nSPS) is 10.9. The van der Waals surface area contributed by atoms with Gasteiger partial charge in [0.05, 0.1) is 27.0 Å². The number of H-pyrrole nitrogens is 1. The molecule has 0 spiro atoms. The highest BCUT2D eigenvalue weighted by Crippen LogP contribution is 2.42. The van der Waals surface area contributed by atoms with Gasteiger partial charge >= 0.3 is 0 Å². The summed E-state index contributed by atoms with van der Waals surface area (Å²) in [4.78, 5) is 4.48. The second-order valence-electron chi connectivity index (χ2n) is 6.11. The molecule has 0 atom stereocenters. The first kappa shape index (κ1) is 18.1. The molecule has 7 heteroatoms. The van der Waals surface area contributed by atoms with E-state index in [2.05, 4.69) is 15.2 Å². The van der Waals surface area contributed by atoms with Crippen LogP contribution in [0.2, 0.25) is 5.02 Å². The van der Waals surface area contributed by atoms with Gasteiger partial charge in [-0.2, -0.15) is 5.10 Å². The molecule has 0 saturated heterocycles. The zero-order valence-electron chi connectivity index (χ0n) is 15.6. The molecule has 0 aliphatic rings. The minimum Gasteiger partial charge on any atom is -0.493 e. The molecule has 0 radical (unpaired) electrons. The van der Waals surface area contributed by atoms with Crippen molar-refractivity contribution < 1.29 is 14.2 Å². The zero-order valence-corrected chi connectivity index (χ0v) is 16.4. The van der Waals surface area contributed by atoms with Crippen LogP contribution < -0.4 is 14.2 Å². The largest absolute Gasteiger partial charge is 0.493 e. The van der Waals surface area contributed by atoms with Crippen LogP contribution in [0.25, 0.3) is 33.4 Å². The van der Waals surface area contributed by atoms with Crippen molar-refractivity contribution >= 4 is 22.6 Å². The Kier molecular flexibility index (Phi) is 4.79. The lowest BCUT2D eigenvalue weighted by Crippen LogP contribution is -1.96. The summed E-state index contributed by atoms with van der Waals surface area (Å²) in [6.07, 6.45) is 1.80. The molecule has 0 amide bonds. The van der Waals surface area contributed by atoms with E-state index in [4.69, 9.17) is 25.8 Å². The van der Waals surface area contributed by atoms with Gasteiger partial charge in [0.1, 0.15) is 0 Å². The predicted octanol–water partition coefficient (Wildman–Crippen LogP) is 4.97. The highest BCUT2D eigenvalue weighted by Gasteiger charge is 2.17. The lowest BCUT2D eigenvalue weighted by atomic mass is 10.0. The molecule has 0 fully saturated rings. The number of fused-ring (bicyclic) bond motifs is 1. The maximum Gasteiger partial charge on any atom is 0.203 e. The number of rotatable bonds is 5. The molecule has 2 aromatic heterocycles. The Labute approximate surface area is 167 Å². The Balaban J connectivity index is 1.87. The number of methoxy groups -OCH3 is 3. The van der Waals surface area contributed by atoms with E-state index in [1.54, 1.807) is 27.5 Å². The van der Waals surface area contributed by atoms with Crippen molar-refractivity contribution in [2.75, 3.05) is 21.3 Å². The molecule has 1 N–H and O–H groups in total. The number of nitrogens with one attached hydrogen (secondary N) is 1. The van der Waals surface area contributed by atoms with Crippen LogP contribution in [0.15, 0.2) is 48.7 Å². The third kappa shape index (κ3) is 3.12. The van der Waals surface area contributed by atoms with Gasteiger partial charge in [0.25, 0.3) is 0 Å². The van der Waals surface area contributed by atoms with E-state index in [-0.39, 0.29) is 0 Å². The summed E-state index contributed by atoms with van der Waals surface area (Å²) >= 11 is 6.00. The molecule has 0 unspecified atom stereocenters. The molecule has 0 bridgehead atoms. The number of hydrogen-bond donors (Lipinski definition) is 1. The van der Waals surface area contributed by atoms with Gasteiger partial charge in [-0.1, -0.05) is 23.7 Å². The van der Waals surface area contributed by atoms with Crippen LogP contribution in [0.5, 0.6) is 17.2 Å². The summed E-state index contributed by atoms with van der Waals surface area (Å²) in [6.45, 7) is 0. The van der Waals surface area contributed by atoms with Crippen molar-refractivity contribution in [3.05, 3.63) is 53.7 Å². The SMILES string of the molecule is COc1cc(-c2[nH]nc3ncc(-c4ccc(Cl)cc4)cc23)cc(OC)c1OC. The van der Waals surface area contributed by atoms with E-state index in [9.17, 15) is 0 Å². The number of benzene rings is 2. The molecule has 6 nitrogen and oxygen atoms in total. The summed E-state index contributed by atoms with van der Waals surface area (Å²) in [5.74, 6) is 1.68. The highest BCUT2D eigenvalue weighted by molar-refractivity contribution is 6.30. The van der Waals surface area contributed by atoms with Gasteiger partial charge in [-0.15, -0.1) is 0 Å². The van der Waals surface area contributed by atoms with E-state index in [1.165, 1.54) is 0 Å². The second-order valence-corrected chi connectivity index (χ2v) is 6.55. The maximum absolute atomic E-state index is 6.00. The topological polar surface area (TPSA) is 69.3 Å². The number of nitrogens with zero attached hydrogens (tertiary/aromatic N) is 2. The van der Waals surface area contributed by atoms with Crippen LogP contribution in [-0.4, -0.2) is 36.5 Å². The first-order valence-corrected chi connectivity index (χ1v) is 8.93. The van der Waals surface area contributed by atoms with Gasteiger partial charge in [0, 0.05) is 27.7 Å². The molecule has 0 saturated carbocycles. The Morgan fingerprint density at radius 3 is 2.11 bits per heavy atom. The molecule has 2 aromatic carbocycles. The molecule has 4 aromatic rings. The Bertz CT molecular complexity index is 1110. The van der Waals surface area contributed by atoms with Crippen LogP contribution in [0.3, 0.4) is 0 Å². The van der Waals surface area contributed by atoms with Crippen molar-refractivity contribution in [3.8, 4) is 39.6 Å². The van der Waals surface area contributed by atoms with Crippen LogP contribution in [0.1, 0.15) is 0 Å². The molecule has 0 aliphatic heterocycles. The number of halogens is 1. The van der Waals surface area contributed by atoms with Crippen LogP contribution in [0, 0.1) is 0 Å². The summed E-state index contributed by atoms with van der Waals surface area (Å²) in [7, 11) is 4.76. The Hall–Kier alpha value is -3.25. The van der Waals surface area contributed by atoms with Crippen molar-refractivity contribution in [1.29, 1.82) is 0 Å². The smallest absolute Gasteiger partial charge is 0.203 e. The summed E-state index contributed by atoms with van der Waals surface area (Å²) in [5.41, 5.74) is 4.29. The first-order chi connectivity index (χ1) is 13.6. The van der Waals surface area contributed by atoms with E-state index in [0.717, 1.165) is 27.8 Å². The summed E-state index contributed by atoms with van der Waals surface area (Å²) < 4.78 is 16.3. The van der Waals surface area contributed by atoms with Gasteiger partial charge in [0.15, 0.2) is 17.1 Å². The van der Waals surface area contributed by atoms with Crippen molar-refractivity contribution in [2.24, 2.45) is 0 Å². The van der Waals surface area contributed by atoms with E-state index in [0.29, 0.717) is 27.9 Å². The second kappa shape index (κ2) is 7.40. The number of aromatic nitrogens is 3. The highest BCUT2D eigenvalue weighted by atomic mass is 35.5. The third-order valence-corrected chi connectivity index (χ3v) is 4.79. The van der Waals surface area contributed by atoms with Gasteiger partial charge in [-0.25, -0.2) is 4.98 Å². The molecular formula is C21H18ClN3O3. The van der Waals surface area contributed by atoms with Gasteiger partial charge in [-0.05, 0) is 35.9 Å². The van der Waals surface area contributed by atoms with Crippen LogP contribution in [0.4, 0.5) is 0 Å². The molecule has 0 aliphatic carbocycles. The van der Waals surface area contributed by atoms with Crippen molar-refractivity contribution in [1.82, 2.24) is 15.2 Å². The van der Waals surface area contributed by atoms with E-state index >= 15 is 0 Å². The number of aromatic amines is 1. The fraction of sp³-hybridized carbons (Fsp3) is 0.143. The maximum atomic E-state index is 6.00. The molecule has 2 heterocycles. The summed E-state index contributed by atoms with van der Waals surface area (Å²) in [6, 6.07) is 13.4. The lowest BCUT2D eigenvalue weighted by molar-refractivity contribution is 0.324. The monoisotopic (exact) mass is 395 g/mol. The quantitative estimate of drug-likeness (QED) is 0.516. The van der Waals surface area contributed by atoms with Gasteiger partial charge < -0.3 is 14.2 Å². The van der Waals surface area contributed by atoms with E-state index in [1.807, 2.05) is 42.5 Å².